The molecule has 130 valence electrons. The number of ether oxygens (including phenoxy) is 2. The van der Waals surface area contributed by atoms with E-state index in [1.165, 1.54) is 32.6 Å². The molecule has 2 rings (SSSR count). The van der Waals surface area contributed by atoms with Crippen molar-refractivity contribution in [3.63, 3.8) is 0 Å². The number of rotatable bonds is 5. The summed E-state index contributed by atoms with van der Waals surface area (Å²) in [6, 6.07) is 11.1. The number of hydrazone groups is 1. The zero-order chi connectivity index (χ0) is 18.2. The largest absolute Gasteiger partial charge is 0.507 e. The van der Waals surface area contributed by atoms with Crippen LogP contribution in [0, 0.1) is 0 Å². The number of nitrogens with one attached hydrogen (secondary N) is 2. The molecule has 2 aromatic carbocycles. The number of aromatic hydroxyl groups is 1. The van der Waals surface area contributed by atoms with Crippen molar-refractivity contribution in [2.45, 2.75) is 0 Å². The second-order valence-corrected chi connectivity index (χ2v) is 4.81. The summed E-state index contributed by atoms with van der Waals surface area (Å²) in [5, 5.41) is 15.8. The highest BCUT2D eigenvalue weighted by Crippen LogP contribution is 2.21. The van der Waals surface area contributed by atoms with Gasteiger partial charge in [-0.3, -0.25) is 9.59 Å². The van der Waals surface area contributed by atoms with E-state index in [-0.39, 0.29) is 5.75 Å². The number of anilines is 1. The number of nitrogens with zero attached hydrogens (tertiary/aromatic N) is 1. The number of hydrogen-bond acceptors (Lipinski definition) is 6. The minimum absolute atomic E-state index is 0.0420. The van der Waals surface area contributed by atoms with Crippen LogP contribution in [-0.2, 0) is 9.59 Å². The first-order chi connectivity index (χ1) is 12.0. The minimum Gasteiger partial charge on any atom is -0.507 e. The number of carbonyl (C=O) groups excluding carboxylic acids is 2. The van der Waals surface area contributed by atoms with Crippen LogP contribution < -0.4 is 20.2 Å². The first kappa shape index (κ1) is 17.8. The van der Waals surface area contributed by atoms with Crippen LogP contribution in [0.15, 0.2) is 47.6 Å². The fourth-order valence-electron chi connectivity index (χ4n) is 1.86. The molecular weight excluding hydrogens is 326 g/mol. The van der Waals surface area contributed by atoms with Gasteiger partial charge in [-0.1, -0.05) is 6.07 Å². The van der Waals surface area contributed by atoms with Crippen molar-refractivity contribution in [1.29, 1.82) is 0 Å². The first-order valence-corrected chi connectivity index (χ1v) is 7.19. The molecule has 0 aromatic heterocycles. The maximum atomic E-state index is 11.8. The molecule has 0 aliphatic rings. The monoisotopic (exact) mass is 343 g/mol. The van der Waals surface area contributed by atoms with E-state index < -0.39 is 11.8 Å². The molecular formula is C17H17N3O5. The molecule has 25 heavy (non-hydrogen) atoms. The maximum Gasteiger partial charge on any atom is 0.329 e. The number of carbonyl (C=O) groups is 2. The zero-order valence-corrected chi connectivity index (χ0v) is 13.6. The fraction of sp³-hybridized carbons (Fsp3) is 0.118. The minimum atomic E-state index is -0.957. The number of phenolic OH excluding ortho intramolecular Hbond substituents is 1. The molecule has 2 amide bonds. The van der Waals surface area contributed by atoms with Crippen LogP contribution in [0.25, 0.3) is 0 Å². The van der Waals surface area contributed by atoms with Gasteiger partial charge in [-0.2, -0.15) is 5.10 Å². The highest BCUT2D eigenvalue weighted by Gasteiger charge is 2.13. The zero-order valence-electron chi connectivity index (χ0n) is 13.6. The van der Waals surface area contributed by atoms with E-state index in [0.29, 0.717) is 22.7 Å². The topological polar surface area (TPSA) is 109 Å². The van der Waals surface area contributed by atoms with Gasteiger partial charge in [0.1, 0.15) is 17.2 Å². The Morgan fingerprint density at radius 3 is 2.48 bits per heavy atom. The van der Waals surface area contributed by atoms with E-state index in [1.807, 2.05) is 0 Å². The summed E-state index contributed by atoms with van der Waals surface area (Å²) in [6.07, 6.45) is 1.20. The lowest BCUT2D eigenvalue weighted by Crippen LogP contribution is -2.32. The Morgan fingerprint density at radius 1 is 1.04 bits per heavy atom. The van der Waals surface area contributed by atoms with Gasteiger partial charge in [-0.05, 0) is 30.3 Å². The molecule has 0 heterocycles. The van der Waals surface area contributed by atoms with Crippen molar-refractivity contribution < 1.29 is 24.2 Å². The van der Waals surface area contributed by atoms with Crippen molar-refractivity contribution in [2.75, 3.05) is 19.5 Å². The van der Waals surface area contributed by atoms with E-state index >= 15 is 0 Å². The predicted octanol–water partition coefficient (Wildman–Crippen LogP) is 1.50. The lowest BCUT2D eigenvalue weighted by molar-refractivity contribution is -0.136. The maximum absolute atomic E-state index is 11.8. The molecule has 0 aliphatic carbocycles. The molecule has 0 spiro atoms. The molecule has 8 nitrogen and oxygen atoms in total. The number of hydrogen-bond donors (Lipinski definition) is 3. The van der Waals surface area contributed by atoms with Crippen LogP contribution in [0.2, 0.25) is 0 Å². The molecule has 8 heteroatoms. The highest BCUT2D eigenvalue weighted by molar-refractivity contribution is 6.39. The summed E-state index contributed by atoms with van der Waals surface area (Å²) in [5.74, 6) is -0.826. The van der Waals surface area contributed by atoms with Gasteiger partial charge in [0.05, 0.1) is 20.4 Å². The quantitative estimate of drug-likeness (QED) is 0.433. The third-order valence-electron chi connectivity index (χ3n) is 3.14. The van der Waals surface area contributed by atoms with Crippen LogP contribution in [-0.4, -0.2) is 37.4 Å². The fourth-order valence-corrected chi connectivity index (χ4v) is 1.86. The van der Waals surface area contributed by atoms with Gasteiger partial charge in [-0.15, -0.1) is 0 Å². The normalized spacial score (nSPS) is 10.3. The van der Waals surface area contributed by atoms with Crippen molar-refractivity contribution in [2.24, 2.45) is 5.10 Å². The van der Waals surface area contributed by atoms with E-state index in [9.17, 15) is 14.7 Å². The second-order valence-electron chi connectivity index (χ2n) is 4.81. The molecule has 0 atom stereocenters. The SMILES string of the molecule is COc1cccc(NC(=O)C(=O)NN=Cc2cc(OC)ccc2O)c1. The van der Waals surface area contributed by atoms with Crippen molar-refractivity contribution in [3.8, 4) is 17.2 Å². The molecule has 0 aliphatic heterocycles. The van der Waals surface area contributed by atoms with Crippen molar-refractivity contribution >= 4 is 23.7 Å². The molecule has 0 unspecified atom stereocenters. The summed E-state index contributed by atoms with van der Waals surface area (Å²) in [5.41, 5.74) is 2.82. The number of benzene rings is 2. The summed E-state index contributed by atoms with van der Waals surface area (Å²) >= 11 is 0. The Kier molecular flexibility index (Phi) is 5.94. The van der Waals surface area contributed by atoms with Crippen LogP contribution in [0.1, 0.15) is 5.56 Å². The van der Waals surface area contributed by atoms with Gasteiger partial charge in [0, 0.05) is 17.3 Å². The molecule has 3 N–H and O–H groups in total. The van der Waals surface area contributed by atoms with Crippen LogP contribution in [0.5, 0.6) is 17.2 Å². The Labute approximate surface area is 144 Å². The third-order valence-corrected chi connectivity index (χ3v) is 3.14. The average molecular weight is 343 g/mol. The van der Waals surface area contributed by atoms with Crippen molar-refractivity contribution in [3.05, 3.63) is 48.0 Å². The Hall–Kier alpha value is -3.55. The lowest BCUT2D eigenvalue weighted by Gasteiger charge is -2.06. The Bertz CT molecular complexity index is 805. The molecule has 0 saturated heterocycles. The molecule has 0 radical (unpaired) electrons. The average Bonchev–Trinajstić information content (AvgIpc) is 2.63. The van der Waals surface area contributed by atoms with Gasteiger partial charge >= 0.3 is 11.8 Å². The molecule has 0 saturated carbocycles. The van der Waals surface area contributed by atoms with Gasteiger partial charge in [-0.25, -0.2) is 5.43 Å². The predicted molar refractivity (Wildman–Crippen MR) is 92.0 cm³/mol. The molecule has 2 aromatic rings. The summed E-state index contributed by atoms with van der Waals surface area (Å²) in [4.78, 5) is 23.6. The van der Waals surface area contributed by atoms with E-state index in [1.54, 1.807) is 30.3 Å². The Balaban J connectivity index is 1.96. The summed E-state index contributed by atoms with van der Waals surface area (Å²) in [6.45, 7) is 0. The van der Waals surface area contributed by atoms with Gasteiger partial charge < -0.3 is 19.9 Å². The highest BCUT2D eigenvalue weighted by atomic mass is 16.5. The van der Waals surface area contributed by atoms with Crippen LogP contribution >= 0.6 is 0 Å². The van der Waals surface area contributed by atoms with E-state index in [4.69, 9.17) is 9.47 Å². The second kappa shape index (κ2) is 8.34. The Morgan fingerprint density at radius 2 is 1.76 bits per heavy atom. The molecule has 0 bridgehead atoms. The number of phenols is 1. The van der Waals surface area contributed by atoms with Crippen molar-refractivity contribution in [1.82, 2.24) is 5.43 Å². The third kappa shape index (κ3) is 4.96. The van der Waals surface area contributed by atoms with E-state index in [0.717, 1.165) is 0 Å². The van der Waals surface area contributed by atoms with Crippen LogP contribution in [0.4, 0.5) is 5.69 Å². The van der Waals surface area contributed by atoms with E-state index in [2.05, 4.69) is 15.8 Å². The van der Waals surface area contributed by atoms with Gasteiger partial charge in [0.15, 0.2) is 0 Å². The van der Waals surface area contributed by atoms with Gasteiger partial charge in [0.25, 0.3) is 0 Å². The van der Waals surface area contributed by atoms with Crippen LogP contribution in [0.3, 0.4) is 0 Å². The summed E-state index contributed by atoms with van der Waals surface area (Å²) in [7, 11) is 2.98. The first-order valence-electron chi connectivity index (χ1n) is 7.19. The molecule has 0 fully saturated rings. The standard InChI is InChI=1S/C17H17N3O5/c1-24-13-5-3-4-12(9-13)19-16(22)17(23)20-18-10-11-8-14(25-2)6-7-15(11)21/h3-10,21H,1-2H3,(H,19,22)(H,20,23). The van der Waals surface area contributed by atoms with Gasteiger partial charge in [0.2, 0.25) is 0 Å². The lowest BCUT2D eigenvalue weighted by atomic mass is 10.2. The number of amides is 2. The summed E-state index contributed by atoms with van der Waals surface area (Å²) < 4.78 is 10.1. The smallest absolute Gasteiger partial charge is 0.329 e. The number of methoxy groups -OCH3 is 2.